The molecule has 1 fully saturated rings. The number of hydrogen-bond donors (Lipinski definition) is 1. The highest BCUT2D eigenvalue weighted by Crippen LogP contribution is 2.39. The van der Waals surface area contributed by atoms with Gasteiger partial charge in [0.1, 0.15) is 0 Å². The van der Waals surface area contributed by atoms with Gasteiger partial charge in [-0.15, -0.1) is 0 Å². The average Bonchev–Trinajstić information content (AvgIpc) is 2.50. The van der Waals surface area contributed by atoms with Gasteiger partial charge in [0.25, 0.3) is 0 Å². The zero-order chi connectivity index (χ0) is 13.7. The van der Waals surface area contributed by atoms with Crippen molar-refractivity contribution in [2.45, 2.75) is 51.4 Å². The first-order chi connectivity index (χ1) is 9.25. The molecule has 0 bridgehead atoms. The SMILES string of the molecule is CCN(CC)c1ccc(C2(CN)CCCCC2)cc1. The lowest BCUT2D eigenvalue weighted by Gasteiger charge is -2.37. The molecule has 1 aromatic carbocycles. The molecular weight excluding hydrogens is 232 g/mol. The topological polar surface area (TPSA) is 29.3 Å². The van der Waals surface area contributed by atoms with Crippen molar-refractivity contribution in [3.05, 3.63) is 29.8 Å². The van der Waals surface area contributed by atoms with Crippen LogP contribution in [0.3, 0.4) is 0 Å². The third-order valence-corrected chi connectivity index (χ3v) is 4.81. The summed E-state index contributed by atoms with van der Waals surface area (Å²) in [5, 5.41) is 0. The van der Waals surface area contributed by atoms with Crippen LogP contribution in [0.1, 0.15) is 51.5 Å². The number of nitrogens with two attached hydrogens (primary N) is 1. The normalized spacial score (nSPS) is 18.3. The maximum Gasteiger partial charge on any atom is 0.0366 e. The summed E-state index contributed by atoms with van der Waals surface area (Å²) in [4.78, 5) is 2.39. The quantitative estimate of drug-likeness (QED) is 0.875. The number of rotatable bonds is 5. The minimum atomic E-state index is 0.250. The van der Waals surface area contributed by atoms with Crippen LogP contribution in [0.2, 0.25) is 0 Å². The number of benzene rings is 1. The lowest BCUT2D eigenvalue weighted by Crippen LogP contribution is -2.37. The monoisotopic (exact) mass is 260 g/mol. The van der Waals surface area contributed by atoms with Gasteiger partial charge in [-0.05, 0) is 44.4 Å². The maximum absolute atomic E-state index is 6.11. The molecule has 2 N–H and O–H groups in total. The summed E-state index contributed by atoms with van der Waals surface area (Å²) in [5.74, 6) is 0. The Bertz CT molecular complexity index is 373. The van der Waals surface area contributed by atoms with Crippen LogP contribution in [0.25, 0.3) is 0 Å². The first kappa shape index (κ1) is 14.4. The van der Waals surface area contributed by atoms with Crippen LogP contribution < -0.4 is 10.6 Å². The van der Waals surface area contributed by atoms with Gasteiger partial charge in [0.2, 0.25) is 0 Å². The molecule has 2 rings (SSSR count). The summed E-state index contributed by atoms with van der Waals surface area (Å²) in [6.07, 6.45) is 6.55. The number of hydrogen-bond acceptors (Lipinski definition) is 2. The maximum atomic E-state index is 6.11. The minimum Gasteiger partial charge on any atom is -0.372 e. The number of nitrogens with zero attached hydrogens (tertiary/aromatic N) is 1. The second-order valence-electron chi connectivity index (χ2n) is 5.76. The van der Waals surface area contributed by atoms with Gasteiger partial charge in [-0.2, -0.15) is 0 Å². The van der Waals surface area contributed by atoms with Crippen molar-refractivity contribution in [1.82, 2.24) is 0 Å². The molecule has 19 heavy (non-hydrogen) atoms. The zero-order valence-electron chi connectivity index (χ0n) is 12.5. The summed E-state index contributed by atoms with van der Waals surface area (Å²) >= 11 is 0. The van der Waals surface area contributed by atoms with E-state index in [1.165, 1.54) is 43.4 Å². The second kappa shape index (κ2) is 6.42. The lowest BCUT2D eigenvalue weighted by atomic mass is 9.69. The Kier molecular flexibility index (Phi) is 4.87. The Morgan fingerprint density at radius 1 is 1.00 bits per heavy atom. The Labute approximate surface area is 118 Å². The smallest absolute Gasteiger partial charge is 0.0366 e. The van der Waals surface area contributed by atoms with Gasteiger partial charge in [0.05, 0.1) is 0 Å². The highest BCUT2D eigenvalue weighted by molar-refractivity contribution is 5.48. The van der Waals surface area contributed by atoms with Crippen LogP contribution in [-0.4, -0.2) is 19.6 Å². The summed E-state index contributed by atoms with van der Waals surface area (Å²) in [6.45, 7) is 7.34. The molecule has 2 heteroatoms. The molecule has 0 aromatic heterocycles. The molecule has 0 radical (unpaired) electrons. The third kappa shape index (κ3) is 2.94. The fourth-order valence-corrected chi connectivity index (χ4v) is 3.45. The van der Waals surface area contributed by atoms with E-state index >= 15 is 0 Å². The molecule has 0 unspecified atom stereocenters. The van der Waals surface area contributed by atoms with Gasteiger partial charge in [0, 0.05) is 30.7 Å². The van der Waals surface area contributed by atoms with Crippen LogP contribution in [0.5, 0.6) is 0 Å². The highest BCUT2D eigenvalue weighted by Gasteiger charge is 2.32. The van der Waals surface area contributed by atoms with Crippen molar-refractivity contribution in [3.8, 4) is 0 Å². The van der Waals surface area contributed by atoms with Gasteiger partial charge in [-0.3, -0.25) is 0 Å². The van der Waals surface area contributed by atoms with Crippen LogP contribution in [0.4, 0.5) is 5.69 Å². The lowest BCUT2D eigenvalue weighted by molar-refractivity contribution is 0.301. The predicted octanol–water partition coefficient (Wildman–Crippen LogP) is 3.69. The molecule has 1 aromatic rings. The Morgan fingerprint density at radius 3 is 2.05 bits per heavy atom. The molecule has 0 spiro atoms. The third-order valence-electron chi connectivity index (χ3n) is 4.81. The highest BCUT2D eigenvalue weighted by atomic mass is 15.1. The molecule has 2 nitrogen and oxygen atoms in total. The molecule has 0 saturated heterocycles. The van der Waals surface area contributed by atoms with E-state index in [-0.39, 0.29) is 5.41 Å². The predicted molar refractivity (Wildman–Crippen MR) is 83.8 cm³/mol. The van der Waals surface area contributed by atoms with E-state index in [1.54, 1.807) is 0 Å². The first-order valence-corrected chi connectivity index (χ1v) is 7.81. The summed E-state index contributed by atoms with van der Waals surface area (Å²) < 4.78 is 0. The van der Waals surface area contributed by atoms with Gasteiger partial charge >= 0.3 is 0 Å². The van der Waals surface area contributed by atoms with Crippen LogP contribution in [0, 0.1) is 0 Å². The second-order valence-corrected chi connectivity index (χ2v) is 5.76. The molecule has 1 aliphatic rings. The van der Waals surface area contributed by atoms with Crippen molar-refractivity contribution < 1.29 is 0 Å². The van der Waals surface area contributed by atoms with Crippen molar-refractivity contribution in [3.63, 3.8) is 0 Å². The van der Waals surface area contributed by atoms with Crippen LogP contribution in [-0.2, 0) is 5.41 Å². The van der Waals surface area contributed by atoms with Crippen molar-refractivity contribution >= 4 is 5.69 Å². The van der Waals surface area contributed by atoms with E-state index in [0.29, 0.717) is 0 Å². The fraction of sp³-hybridized carbons (Fsp3) is 0.647. The first-order valence-electron chi connectivity index (χ1n) is 7.81. The molecule has 0 atom stereocenters. The van der Waals surface area contributed by atoms with Gasteiger partial charge in [0.15, 0.2) is 0 Å². The largest absolute Gasteiger partial charge is 0.372 e. The molecule has 0 amide bonds. The average molecular weight is 260 g/mol. The van der Waals surface area contributed by atoms with E-state index in [0.717, 1.165) is 19.6 Å². The number of anilines is 1. The van der Waals surface area contributed by atoms with Crippen molar-refractivity contribution in [1.29, 1.82) is 0 Å². The Balaban J connectivity index is 2.21. The molecule has 0 aliphatic heterocycles. The minimum absolute atomic E-state index is 0.250. The molecule has 106 valence electrons. The van der Waals surface area contributed by atoms with Crippen molar-refractivity contribution in [2.75, 3.05) is 24.5 Å². The molecular formula is C17H28N2. The summed E-state index contributed by atoms with van der Waals surface area (Å²) in [7, 11) is 0. The van der Waals surface area contributed by atoms with E-state index < -0.39 is 0 Å². The van der Waals surface area contributed by atoms with E-state index in [1.807, 2.05) is 0 Å². The van der Waals surface area contributed by atoms with Crippen LogP contribution >= 0.6 is 0 Å². The van der Waals surface area contributed by atoms with E-state index in [2.05, 4.69) is 43.0 Å². The van der Waals surface area contributed by atoms with Gasteiger partial charge < -0.3 is 10.6 Å². The Hall–Kier alpha value is -1.02. The van der Waals surface area contributed by atoms with Crippen molar-refractivity contribution in [2.24, 2.45) is 5.73 Å². The fourth-order valence-electron chi connectivity index (χ4n) is 3.45. The molecule has 1 aliphatic carbocycles. The summed E-state index contributed by atoms with van der Waals surface area (Å²) in [5.41, 5.74) is 9.14. The summed E-state index contributed by atoms with van der Waals surface area (Å²) in [6, 6.07) is 9.17. The van der Waals surface area contributed by atoms with Gasteiger partial charge in [-0.25, -0.2) is 0 Å². The molecule has 0 heterocycles. The van der Waals surface area contributed by atoms with E-state index in [4.69, 9.17) is 5.73 Å². The van der Waals surface area contributed by atoms with E-state index in [9.17, 15) is 0 Å². The van der Waals surface area contributed by atoms with Gasteiger partial charge in [-0.1, -0.05) is 31.4 Å². The standard InChI is InChI=1S/C17H28N2/c1-3-19(4-2)16-10-8-15(9-11-16)17(14-18)12-6-5-7-13-17/h8-11H,3-7,12-14,18H2,1-2H3. The zero-order valence-corrected chi connectivity index (χ0v) is 12.5. The Morgan fingerprint density at radius 2 is 1.58 bits per heavy atom. The van der Waals surface area contributed by atoms with Crippen LogP contribution in [0.15, 0.2) is 24.3 Å². The molecule has 1 saturated carbocycles.